The van der Waals surface area contributed by atoms with Crippen LogP contribution in [0.5, 0.6) is 23.0 Å². The van der Waals surface area contributed by atoms with Crippen LogP contribution in [0.3, 0.4) is 0 Å². The molecule has 148 valence electrons. The maximum atomic E-state index is 5.58. The quantitative estimate of drug-likeness (QED) is 0.577. The minimum atomic E-state index is 0.330. The van der Waals surface area contributed by atoms with Crippen LogP contribution < -0.4 is 18.9 Å². The van der Waals surface area contributed by atoms with E-state index in [4.69, 9.17) is 18.9 Å². The second-order valence-corrected chi connectivity index (χ2v) is 6.94. The van der Waals surface area contributed by atoms with E-state index in [1.54, 1.807) is 28.4 Å². The highest BCUT2D eigenvalue weighted by atomic mass is 16.5. The van der Waals surface area contributed by atoms with E-state index in [0.717, 1.165) is 22.3 Å². The second-order valence-electron chi connectivity index (χ2n) is 6.94. The predicted molar refractivity (Wildman–Crippen MR) is 111 cm³/mol. The Kier molecular flexibility index (Phi) is 5.93. The second kappa shape index (κ2) is 8.38. The fraction of sp³-hybridized carbons (Fsp3) is 0.348. The van der Waals surface area contributed by atoms with Gasteiger partial charge in [0.25, 0.3) is 0 Å². The molecule has 0 amide bonds. The monoisotopic (exact) mass is 381 g/mol. The van der Waals surface area contributed by atoms with Gasteiger partial charge < -0.3 is 18.9 Å². The number of fused-ring (bicyclic) bond motifs is 1. The molecule has 28 heavy (non-hydrogen) atoms. The summed E-state index contributed by atoms with van der Waals surface area (Å²) in [5, 5.41) is 2.30. The summed E-state index contributed by atoms with van der Waals surface area (Å²) < 4.78 is 22.0. The molecule has 0 aliphatic rings. The first-order chi connectivity index (χ1) is 13.5. The summed E-state index contributed by atoms with van der Waals surface area (Å²) in [6, 6.07) is 8.10. The van der Waals surface area contributed by atoms with Gasteiger partial charge in [0.05, 0.1) is 28.4 Å². The Morgan fingerprint density at radius 2 is 1.43 bits per heavy atom. The van der Waals surface area contributed by atoms with Gasteiger partial charge in [-0.25, -0.2) is 0 Å². The summed E-state index contributed by atoms with van der Waals surface area (Å²) in [6.45, 7) is 4.34. The fourth-order valence-corrected chi connectivity index (χ4v) is 3.68. The summed E-state index contributed by atoms with van der Waals surface area (Å²) in [5.74, 6) is 3.12. The van der Waals surface area contributed by atoms with Gasteiger partial charge in [0, 0.05) is 23.3 Å². The van der Waals surface area contributed by atoms with Crippen LogP contribution in [-0.4, -0.2) is 33.4 Å². The maximum Gasteiger partial charge on any atom is 0.203 e. The molecule has 2 aromatic carbocycles. The van der Waals surface area contributed by atoms with Crippen molar-refractivity contribution in [1.29, 1.82) is 0 Å². The van der Waals surface area contributed by atoms with Gasteiger partial charge in [-0.2, -0.15) is 0 Å². The average Bonchev–Trinajstić information content (AvgIpc) is 2.71. The fourth-order valence-electron chi connectivity index (χ4n) is 3.68. The van der Waals surface area contributed by atoms with Crippen LogP contribution in [0.1, 0.15) is 36.5 Å². The molecule has 0 radical (unpaired) electrons. The topological polar surface area (TPSA) is 49.8 Å². The van der Waals surface area contributed by atoms with Crippen molar-refractivity contribution < 1.29 is 18.9 Å². The summed E-state index contributed by atoms with van der Waals surface area (Å²) in [4.78, 5) is 4.50. The van der Waals surface area contributed by atoms with Crippen molar-refractivity contribution in [2.24, 2.45) is 0 Å². The van der Waals surface area contributed by atoms with Crippen molar-refractivity contribution >= 4 is 10.8 Å². The highest BCUT2D eigenvalue weighted by molar-refractivity contribution is 5.90. The lowest BCUT2D eigenvalue weighted by Gasteiger charge is -2.17. The normalized spacial score (nSPS) is 11.0. The Morgan fingerprint density at radius 3 is 1.96 bits per heavy atom. The zero-order valence-electron chi connectivity index (χ0n) is 17.3. The molecule has 0 unspecified atom stereocenters. The molecule has 0 saturated carbocycles. The third-order valence-corrected chi connectivity index (χ3v) is 4.94. The Morgan fingerprint density at radius 1 is 0.786 bits per heavy atom. The summed E-state index contributed by atoms with van der Waals surface area (Å²) in [7, 11) is 6.57. The van der Waals surface area contributed by atoms with Gasteiger partial charge >= 0.3 is 0 Å². The minimum Gasteiger partial charge on any atom is -0.496 e. The van der Waals surface area contributed by atoms with Crippen LogP contribution in [0.2, 0.25) is 0 Å². The molecule has 0 N–H and O–H groups in total. The summed E-state index contributed by atoms with van der Waals surface area (Å²) in [5.41, 5.74) is 3.38. The zero-order valence-corrected chi connectivity index (χ0v) is 17.3. The van der Waals surface area contributed by atoms with Gasteiger partial charge in [-0.3, -0.25) is 4.98 Å². The van der Waals surface area contributed by atoms with Gasteiger partial charge in [-0.1, -0.05) is 19.9 Å². The molecule has 0 bridgehead atoms. The molecular weight excluding hydrogens is 354 g/mol. The van der Waals surface area contributed by atoms with Gasteiger partial charge in [-0.05, 0) is 47.1 Å². The molecule has 1 heterocycles. The van der Waals surface area contributed by atoms with Crippen LogP contribution in [0.25, 0.3) is 10.8 Å². The zero-order chi connectivity index (χ0) is 20.3. The number of nitrogens with zero attached hydrogens (tertiary/aromatic N) is 1. The standard InChI is InChI=1S/C23H27NO4/c1-14(2)22-18-13-24-12-16(17(18)7-8-19(22)25-3)9-15-10-20(26-4)23(28-6)21(11-15)27-5/h7-8,10-14H,9H2,1-6H3. The predicted octanol–water partition coefficient (Wildman–Crippen LogP) is 4.98. The largest absolute Gasteiger partial charge is 0.496 e. The van der Waals surface area contributed by atoms with Crippen LogP contribution in [0.4, 0.5) is 0 Å². The van der Waals surface area contributed by atoms with Crippen molar-refractivity contribution in [3.8, 4) is 23.0 Å². The molecule has 3 aromatic rings. The van der Waals surface area contributed by atoms with E-state index in [0.29, 0.717) is 29.6 Å². The number of hydrogen-bond donors (Lipinski definition) is 0. The number of pyridine rings is 1. The van der Waals surface area contributed by atoms with E-state index in [2.05, 4.69) is 24.9 Å². The Bertz CT molecular complexity index is 957. The highest BCUT2D eigenvalue weighted by Crippen LogP contribution is 2.40. The maximum absolute atomic E-state index is 5.58. The lowest BCUT2D eigenvalue weighted by Crippen LogP contribution is -2.00. The molecule has 0 fully saturated rings. The van der Waals surface area contributed by atoms with Crippen LogP contribution in [0.15, 0.2) is 36.7 Å². The number of methoxy groups -OCH3 is 4. The molecule has 5 heteroatoms. The minimum absolute atomic E-state index is 0.330. The lowest BCUT2D eigenvalue weighted by atomic mass is 9.92. The Balaban J connectivity index is 2.12. The molecule has 0 aliphatic heterocycles. The van der Waals surface area contributed by atoms with Crippen molar-refractivity contribution in [2.75, 3.05) is 28.4 Å². The van der Waals surface area contributed by atoms with E-state index in [9.17, 15) is 0 Å². The summed E-state index contributed by atoms with van der Waals surface area (Å²) in [6.07, 6.45) is 4.54. The van der Waals surface area contributed by atoms with Crippen molar-refractivity contribution in [3.05, 3.63) is 53.3 Å². The summed E-state index contributed by atoms with van der Waals surface area (Å²) >= 11 is 0. The molecule has 0 aliphatic carbocycles. The van der Waals surface area contributed by atoms with Crippen LogP contribution in [0, 0.1) is 0 Å². The molecule has 0 atom stereocenters. The number of benzene rings is 2. The van der Waals surface area contributed by atoms with Crippen molar-refractivity contribution in [3.63, 3.8) is 0 Å². The van der Waals surface area contributed by atoms with E-state index < -0.39 is 0 Å². The van der Waals surface area contributed by atoms with Gasteiger partial charge in [0.1, 0.15) is 5.75 Å². The third-order valence-electron chi connectivity index (χ3n) is 4.94. The first-order valence-electron chi connectivity index (χ1n) is 9.26. The smallest absolute Gasteiger partial charge is 0.203 e. The molecular formula is C23H27NO4. The first-order valence-corrected chi connectivity index (χ1v) is 9.26. The van der Waals surface area contributed by atoms with Gasteiger partial charge in [0.2, 0.25) is 5.75 Å². The van der Waals surface area contributed by atoms with Crippen molar-refractivity contribution in [1.82, 2.24) is 4.98 Å². The molecule has 0 spiro atoms. The van der Waals surface area contributed by atoms with Crippen molar-refractivity contribution in [2.45, 2.75) is 26.2 Å². The molecule has 1 aromatic heterocycles. The number of hydrogen-bond acceptors (Lipinski definition) is 5. The molecule has 3 rings (SSSR count). The third kappa shape index (κ3) is 3.57. The van der Waals surface area contributed by atoms with Gasteiger partial charge in [0.15, 0.2) is 11.5 Å². The number of ether oxygens (including phenoxy) is 4. The average molecular weight is 381 g/mol. The SMILES string of the molecule is COc1cc(Cc2cncc3c(C(C)C)c(OC)ccc23)cc(OC)c1OC. The van der Waals surface area contributed by atoms with E-state index in [1.165, 1.54) is 10.9 Å². The molecule has 0 saturated heterocycles. The van der Waals surface area contributed by atoms with Gasteiger partial charge in [-0.15, -0.1) is 0 Å². The number of rotatable bonds is 7. The first kappa shape index (κ1) is 19.8. The van der Waals surface area contributed by atoms with E-state index in [-0.39, 0.29) is 0 Å². The Hall–Kier alpha value is -2.95. The van der Waals surface area contributed by atoms with E-state index in [1.807, 2.05) is 30.6 Å². The molecule has 5 nitrogen and oxygen atoms in total. The van der Waals surface area contributed by atoms with Crippen LogP contribution >= 0.6 is 0 Å². The number of aromatic nitrogens is 1. The lowest BCUT2D eigenvalue weighted by molar-refractivity contribution is 0.324. The van der Waals surface area contributed by atoms with E-state index >= 15 is 0 Å². The van der Waals surface area contributed by atoms with Crippen LogP contribution in [-0.2, 0) is 6.42 Å². The highest BCUT2D eigenvalue weighted by Gasteiger charge is 2.17. The Labute approximate surface area is 166 Å².